The molecule has 0 atom stereocenters. The van der Waals surface area contributed by atoms with Crippen molar-refractivity contribution < 1.29 is 4.52 Å². The van der Waals surface area contributed by atoms with Crippen LogP contribution < -0.4 is 17.0 Å². The molecule has 5 aromatic rings. The van der Waals surface area contributed by atoms with E-state index in [1.165, 1.54) is 19.7 Å². The number of pyridine rings is 1. The molecule has 0 amide bonds. The fourth-order valence-electron chi connectivity index (χ4n) is 3.66. The number of nitrogen functional groups attached to an aromatic ring is 1. The molecule has 4 aromatic heterocycles. The highest BCUT2D eigenvalue weighted by atomic mass is 16.5. The first-order valence-electron chi connectivity index (χ1n) is 9.86. The molecule has 10 heteroatoms. The highest BCUT2D eigenvalue weighted by molar-refractivity contribution is 5.90. The van der Waals surface area contributed by atoms with Gasteiger partial charge in [-0.25, -0.2) is 18.9 Å². The molecule has 0 aliphatic carbocycles. The largest absolute Gasteiger partial charge is 0.369 e. The number of hydrogen-bond acceptors (Lipinski definition) is 7. The zero-order valence-corrected chi connectivity index (χ0v) is 17.4. The fourth-order valence-corrected chi connectivity index (χ4v) is 3.66. The Morgan fingerprint density at radius 3 is 2.53 bits per heavy atom. The third-order valence-corrected chi connectivity index (χ3v) is 5.17. The standard InChI is InChI=1S/C22H19N7O3/c1-13-10-16(26-32-13)12-28-22(31)29-20(25-28)18(15-8-9-17(30)27(2)11-15)19(24-21(29)23)14-6-4-3-5-7-14/h3-11H,12H2,1-2H3,(H2,23,24). The SMILES string of the molecule is Cc1cc(Cn2nc3c(-c4ccc(=O)n(C)c4)c(-c4ccccc4)nc(N)n3c2=O)no1. The van der Waals surface area contributed by atoms with Crippen molar-refractivity contribution >= 4 is 11.6 Å². The number of aryl methyl sites for hydroxylation is 2. The lowest BCUT2D eigenvalue weighted by molar-refractivity contribution is 0.387. The molecular formula is C22H19N7O3. The van der Waals surface area contributed by atoms with Crippen molar-refractivity contribution in [2.45, 2.75) is 13.5 Å². The summed E-state index contributed by atoms with van der Waals surface area (Å²) in [5.41, 5.74) is 9.14. The van der Waals surface area contributed by atoms with Gasteiger partial charge in [-0.3, -0.25) is 4.79 Å². The van der Waals surface area contributed by atoms with E-state index in [1.807, 2.05) is 30.3 Å². The Hall–Kier alpha value is -4.47. The van der Waals surface area contributed by atoms with Crippen LogP contribution in [-0.4, -0.2) is 28.9 Å². The van der Waals surface area contributed by atoms with E-state index in [0.717, 1.165) is 5.56 Å². The number of anilines is 1. The molecule has 32 heavy (non-hydrogen) atoms. The first-order chi connectivity index (χ1) is 15.4. The Bertz CT molecular complexity index is 1580. The van der Waals surface area contributed by atoms with Crippen molar-refractivity contribution in [1.82, 2.24) is 28.9 Å². The van der Waals surface area contributed by atoms with Gasteiger partial charge in [-0.15, -0.1) is 5.10 Å². The summed E-state index contributed by atoms with van der Waals surface area (Å²) in [6.07, 6.45) is 1.69. The van der Waals surface area contributed by atoms with Crippen molar-refractivity contribution in [2.24, 2.45) is 7.05 Å². The second-order valence-corrected chi connectivity index (χ2v) is 7.45. The van der Waals surface area contributed by atoms with E-state index in [2.05, 4.69) is 15.2 Å². The van der Waals surface area contributed by atoms with E-state index in [1.54, 1.807) is 32.3 Å². The zero-order chi connectivity index (χ0) is 22.4. The molecule has 0 fully saturated rings. The molecule has 0 aliphatic rings. The summed E-state index contributed by atoms with van der Waals surface area (Å²) in [4.78, 5) is 29.7. The topological polar surface area (TPSA) is 126 Å². The predicted molar refractivity (Wildman–Crippen MR) is 118 cm³/mol. The van der Waals surface area contributed by atoms with Crippen LogP contribution in [0.5, 0.6) is 0 Å². The quantitative estimate of drug-likeness (QED) is 0.462. The summed E-state index contributed by atoms with van der Waals surface area (Å²) in [5.74, 6) is 0.648. The molecule has 0 unspecified atom stereocenters. The lowest BCUT2D eigenvalue weighted by Gasteiger charge is -2.12. The second kappa shape index (κ2) is 7.34. The van der Waals surface area contributed by atoms with Crippen LogP contribution >= 0.6 is 0 Å². The van der Waals surface area contributed by atoms with Gasteiger partial charge in [-0.05, 0) is 13.0 Å². The smallest absolute Gasteiger partial charge is 0.353 e. The maximum absolute atomic E-state index is 13.1. The summed E-state index contributed by atoms with van der Waals surface area (Å²) >= 11 is 0. The van der Waals surface area contributed by atoms with Crippen LogP contribution in [0.4, 0.5) is 5.95 Å². The summed E-state index contributed by atoms with van der Waals surface area (Å²) in [6.45, 7) is 1.89. The van der Waals surface area contributed by atoms with Crippen molar-refractivity contribution in [3.8, 4) is 22.4 Å². The second-order valence-electron chi connectivity index (χ2n) is 7.45. The van der Waals surface area contributed by atoms with Gasteiger partial charge >= 0.3 is 5.69 Å². The van der Waals surface area contributed by atoms with E-state index in [-0.39, 0.29) is 18.1 Å². The molecule has 0 aliphatic heterocycles. The maximum atomic E-state index is 13.1. The molecule has 2 N–H and O–H groups in total. The highest BCUT2D eigenvalue weighted by Crippen LogP contribution is 2.33. The van der Waals surface area contributed by atoms with E-state index in [4.69, 9.17) is 10.3 Å². The third kappa shape index (κ3) is 3.18. The van der Waals surface area contributed by atoms with Crippen LogP contribution in [0.3, 0.4) is 0 Å². The van der Waals surface area contributed by atoms with Gasteiger partial charge in [0.05, 0.1) is 17.8 Å². The molecule has 0 radical (unpaired) electrons. The normalized spacial score (nSPS) is 11.3. The lowest BCUT2D eigenvalue weighted by Crippen LogP contribution is -2.23. The minimum absolute atomic E-state index is 0.0139. The Balaban J connectivity index is 1.83. The van der Waals surface area contributed by atoms with Gasteiger partial charge < -0.3 is 14.8 Å². The molecule has 4 heterocycles. The number of nitrogens with two attached hydrogens (primary N) is 1. The van der Waals surface area contributed by atoms with E-state index in [9.17, 15) is 9.59 Å². The van der Waals surface area contributed by atoms with Gasteiger partial charge in [-0.2, -0.15) is 0 Å². The van der Waals surface area contributed by atoms with E-state index < -0.39 is 5.69 Å². The minimum atomic E-state index is -0.448. The fraction of sp³-hybridized carbons (Fsp3) is 0.136. The van der Waals surface area contributed by atoms with Crippen LogP contribution in [0.25, 0.3) is 28.0 Å². The molecule has 0 saturated heterocycles. The average Bonchev–Trinajstić information content (AvgIpc) is 3.34. The number of fused-ring (bicyclic) bond motifs is 1. The van der Waals surface area contributed by atoms with Crippen LogP contribution in [0.15, 0.2) is 68.8 Å². The van der Waals surface area contributed by atoms with Crippen LogP contribution in [-0.2, 0) is 13.6 Å². The van der Waals surface area contributed by atoms with Crippen LogP contribution in [0, 0.1) is 6.92 Å². The molecule has 0 bridgehead atoms. The Labute approximate surface area is 181 Å². The molecule has 0 spiro atoms. The Kier molecular flexibility index (Phi) is 4.47. The third-order valence-electron chi connectivity index (χ3n) is 5.17. The number of hydrogen-bond donors (Lipinski definition) is 1. The Morgan fingerprint density at radius 2 is 1.84 bits per heavy atom. The van der Waals surface area contributed by atoms with E-state index >= 15 is 0 Å². The number of nitrogens with zero attached hydrogens (tertiary/aromatic N) is 6. The lowest BCUT2D eigenvalue weighted by atomic mass is 10.0. The molecule has 1 aromatic carbocycles. The van der Waals surface area contributed by atoms with Crippen molar-refractivity contribution in [3.63, 3.8) is 0 Å². The first kappa shape index (κ1) is 19.5. The maximum Gasteiger partial charge on any atom is 0.353 e. The Morgan fingerprint density at radius 1 is 1.06 bits per heavy atom. The van der Waals surface area contributed by atoms with Crippen molar-refractivity contribution in [3.05, 3.63) is 87.0 Å². The van der Waals surface area contributed by atoms with Gasteiger partial charge in [0, 0.05) is 36.5 Å². The summed E-state index contributed by atoms with van der Waals surface area (Å²) in [6, 6.07) is 14.4. The first-order valence-corrected chi connectivity index (χ1v) is 9.86. The minimum Gasteiger partial charge on any atom is -0.369 e. The molecule has 10 nitrogen and oxygen atoms in total. The zero-order valence-electron chi connectivity index (χ0n) is 17.4. The van der Waals surface area contributed by atoms with Gasteiger partial charge in [0.25, 0.3) is 0 Å². The van der Waals surface area contributed by atoms with Crippen LogP contribution in [0.2, 0.25) is 0 Å². The molecular weight excluding hydrogens is 410 g/mol. The summed E-state index contributed by atoms with van der Waals surface area (Å²) in [5, 5.41) is 8.51. The monoisotopic (exact) mass is 429 g/mol. The van der Waals surface area contributed by atoms with Crippen LogP contribution in [0.1, 0.15) is 11.5 Å². The van der Waals surface area contributed by atoms with Crippen molar-refractivity contribution in [2.75, 3.05) is 5.73 Å². The van der Waals surface area contributed by atoms with Gasteiger partial charge in [0.2, 0.25) is 11.5 Å². The predicted octanol–water partition coefficient (Wildman–Crippen LogP) is 1.85. The van der Waals surface area contributed by atoms with Gasteiger partial charge in [-0.1, -0.05) is 35.5 Å². The summed E-state index contributed by atoms with van der Waals surface area (Å²) < 4.78 is 9.09. The highest BCUT2D eigenvalue weighted by Gasteiger charge is 2.22. The summed E-state index contributed by atoms with van der Waals surface area (Å²) in [7, 11) is 1.66. The molecule has 160 valence electrons. The van der Waals surface area contributed by atoms with Gasteiger partial charge in [0.15, 0.2) is 5.65 Å². The number of aromatic nitrogens is 6. The van der Waals surface area contributed by atoms with E-state index in [0.29, 0.717) is 33.9 Å². The number of rotatable bonds is 4. The molecule has 5 rings (SSSR count). The number of benzene rings is 1. The average molecular weight is 429 g/mol. The van der Waals surface area contributed by atoms with Gasteiger partial charge in [0.1, 0.15) is 11.5 Å². The molecule has 0 saturated carbocycles. The van der Waals surface area contributed by atoms with Crippen molar-refractivity contribution in [1.29, 1.82) is 0 Å².